The Bertz CT molecular complexity index is 665. The topological polar surface area (TPSA) is 72.9 Å². The smallest absolute Gasteiger partial charge is 0.309 e. The van der Waals surface area contributed by atoms with E-state index in [0.29, 0.717) is 16.9 Å². The van der Waals surface area contributed by atoms with Crippen LogP contribution in [0.15, 0.2) is 24.3 Å². The lowest BCUT2D eigenvalue weighted by Crippen LogP contribution is -2.50. The van der Waals surface area contributed by atoms with E-state index < -0.39 is 12.5 Å². The molecule has 1 aromatic carbocycles. The quantitative estimate of drug-likeness (QED) is 0.472. The third-order valence-electron chi connectivity index (χ3n) is 3.86. The van der Waals surface area contributed by atoms with Crippen LogP contribution in [-0.2, 0) is 13.6 Å². The summed E-state index contributed by atoms with van der Waals surface area (Å²) in [7, 11) is -3.44. The monoisotopic (exact) mass is 385 g/mol. The highest BCUT2D eigenvalue weighted by atomic mass is 32.2. The molecule has 138 valence electrons. The van der Waals surface area contributed by atoms with Gasteiger partial charge in [0.05, 0.1) is 30.5 Å². The van der Waals surface area contributed by atoms with Crippen LogP contribution in [0, 0.1) is 0 Å². The van der Waals surface area contributed by atoms with Crippen molar-refractivity contribution in [3.05, 3.63) is 35.4 Å². The van der Waals surface area contributed by atoms with Crippen LogP contribution in [0.2, 0.25) is 0 Å². The van der Waals surface area contributed by atoms with Crippen molar-refractivity contribution in [2.24, 2.45) is 0 Å². The van der Waals surface area contributed by atoms with Crippen LogP contribution >= 0.6 is 19.4 Å². The van der Waals surface area contributed by atoms with E-state index in [1.165, 1.54) is 16.7 Å². The average Bonchev–Trinajstić information content (AvgIpc) is 2.80. The van der Waals surface area contributed by atoms with Crippen LogP contribution in [0.3, 0.4) is 0 Å². The van der Waals surface area contributed by atoms with Gasteiger partial charge in [-0.15, -0.1) is 11.8 Å². The van der Waals surface area contributed by atoms with Crippen molar-refractivity contribution in [1.82, 2.24) is 4.90 Å². The molecule has 0 bridgehead atoms. The predicted molar refractivity (Wildman–Crippen MR) is 99.2 cm³/mol. The van der Waals surface area contributed by atoms with E-state index in [1.807, 2.05) is 6.92 Å². The Morgan fingerprint density at radius 2 is 1.52 bits per heavy atom. The number of carbonyl (C=O) groups excluding carboxylic acids is 2. The molecule has 25 heavy (non-hydrogen) atoms. The lowest BCUT2D eigenvalue weighted by atomic mass is 10.1. The Morgan fingerprint density at radius 3 is 1.92 bits per heavy atom. The van der Waals surface area contributed by atoms with Gasteiger partial charge in [-0.05, 0) is 38.7 Å². The maximum Gasteiger partial charge on any atom is 0.333 e. The first-order valence-electron chi connectivity index (χ1n) is 8.32. The van der Waals surface area contributed by atoms with E-state index in [2.05, 4.69) is 0 Å². The summed E-state index contributed by atoms with van der Waals surface area (Å²) < 4.78 is 23.8. The normalized spacial score (nSPS) is 16.9. The van der Waals surface area contributed by atoms with E-state index in [0.717, 1.165) is 0 Å². The van der Waals surface area contributed by atoms with Crippen molar-refractivity contribution < 1.29 is 23.2 Å². The fraction of sp³-hybridized carbons (Fsp3) is 0.529. The molecule has 0 radical (unpaired) electrons. The summed E-state index contributed by atoms with van der Waals surface area (Å²) in [6.45, 7) is 7.59. The van der Waals surface area contributed by atoms with Crippen molar-refractivity contribution in [3.8, 4) is 0 Å². The molecule has 1 aliphatic heterocycles. The van der Waals surface area contributed by atoms with Crippen molar-refractivity contribution in [3.63, 3.8) is 0 Å². The maximum atomic E-state index is 13.0. The standard InChI is InChI=1S/C17H24NO5PS/c1-5-22-24(21,23-6-2)12-17(4,25-7-3)18-15(19)13-10-8-9-11-14(13)16(18)20/h8-11H,5-7,12H2,1-4H3. The number of amides is 2. The molecule has 0 spiro atoms. The Hall–Kier alpha value is -1.14. The molecule has 0 N–H and O–H groups in total. The number of imide groups is 1. The van der Waals surface area contributed by atoms with Gasteiger partial charge in [0, 0.05) is 0 Å². The minimum atomic E-state index is -3.44. The third-order valence-corrected chi connectivity index (χ3v) is 7.62. The first-order chi connectivity index (χ1) is 11.8. The molecule has 1 atom stereocenters. The minimum Gasteiger partial charge on any atom is -0.309 e. The molecule has 1 heterocycles. The molecular weight excluding hydrogens is 361 g/mol. The zero-order chi connectivity index (χ0) is 18.7. The second kappa shape index (κ2) is 8.04. The molecule has 6 nitrogen and oxygen atoms in total. The fourth-order valence-electron chi connectivity index (χ4n) is 2.99. The Labute approximate surface area is 152 Å². The molecule has 2 amide bonds. The van der Waals surface area contributed by atoms with Crippen molar-refractivity contribution in [1.29, 1.82) is 0 Å². The fourth-order valence-corrected chi connectivity index (χ4v) is 6.65. The van der Waals surface area contributed by atoms with Crippen molar-refractivity contribution in [2.45, 2.75) is 32.6 Å². The van der Waals surface area contributed by atoms with Crippen LogP contribution in [0.25, 0.3) is 0 Å². The van der Waals surface area contributed by atoms with E-state index in [4.69, 9.17) is 9.05 Å². The summed E-state index contributed by atoms with van der Waals surface area (Å²) in [6.07, 6.45) is -0.0499. The summed E-state index contributed by atoms with van der Waals surface area (Å²) >= 11 is 1.38. The molecule has 0 aliphatic carbocycles. The third kappa shape index (κ3) is 4.00. The number of benzene rings is 1. The molecule has 1 unspecified atom stereocenters. The van der Waals surface area contributed by atoms with Gasteiger partial charge in [-0.3, -0.25) is 19.1 Å². The van der Waals surface area contributed by atoms with Crippen LogP contribution in [0.5, 0.6) is 0 Å². The van der Waals surface area contributed by atoms with Gasteiger partial charge >= 0.3 is 7.60 Å². The van der Waals surface area contributed by atoms with E-state index in [-0.39, 0.29) is 31.2 Å². The van der Waals surface area contributed by atoms with Gasteiger partial charge in [0.2, 0.25) is 0 Å². The lowest BCUT2D eigenvalue weighted by molar-refractivity contribution is 0.0579. The summed E-state index contributed by atoms with van der Waals surface area (Å²) in [5.74, 6) is -0.102. The molecule has 1 aromatic rings. The molecule has 0 fully saturated rings. The highest BCUT2D eigenvalue weighted by Crippen LogP contribution is 2.54. The minimum absolute atomic E-state index is 0.0499. The highest BCUT2D eigenvalue weighted by Gasteiger charge is 2.50. The molecule has 0 saturated heterocycles. The van der Waals surface area contributed by atoms with Crippen LogP contribution in [-0.4, -0.2) is 46.7 Å². The summed E-state index contributed by atoms with van der Waals surface area (Å²) in [5, 5.41) is 0. The van der Waals surface area contributed by atoms with Gasteiger partial charge in [0.1, 0.15) is 4.87 Å². The number of carbonyl (C=O) groups is 2. The highest BCUT2D eigenvalue weighted by molar-refractivity contribution is 8.00. The van der Waals surface area contributed by atoms with E-state index in [1.54, 1.807) is 45.0 Å². The summed E-state index contributed by atoms with van der Waals surface area (Å²) in [5.41, 5.74) is 0.746. The molecular formula is C17H24NO5PS. The van der Waals surface area contributed by atoms with Crippen LogP contribution in [0.4, 0.5) is 0 Å². The second-order valence-electron chi connectivity index (χ2n) is 5.70. The molecule has 0 aromatic heterocycles. The Kier molecular flexibility index (Phi) is 6.49. The maximum absolute atomic E-state index is 13.0. The number of rotatable bonds is 9. The predicted octanol–water partition coefficient (Wildman–Crippen LogP) is 4.02. The number of hydrogen-bond donors (Lipinski definition) is 0. The molecule has 2 rings (SSSR count). The van der Waals surface area contributed by atoms with Crippen LogP contribution in [0.1, 0.15) is 48.4 Å². The lowest BCUT2D eigenvalue weighted by Gasteiger charge is -2.38. The average molecular weight is 385 g/mol. The zero-order valence-corrected chi connectivity index (χ0v) is 16.7. The number of fused-ring (bicyclic) bond motifs is 1. The van der Waals surface area contributed by atoms with Gasteiger partial charge in [-0.2, -0.15) is 0 Å². The van der Waals surface area contributed by atoms with Gasteiger partial charge in [-0.1, -0.05) is 19.1 Å². The first-order valence-corrected chi connectivity index (χ1v) is 11.0. The van der Waals surface area contributed by atoms with Gasteiger partial charge in [0.25, 0.3) is 11.8 Å². The van der Waals surface area contributed by atoms with Gasteiger partial charge in [-0.25, -0.2) is 0 Å². The Balaban J connectivity index is 2.42. The van der Waals surface area contributed by atoms with Gasteiger partial charge in [0.15, 0.2) is 0 Å². The second-order valence-corrected chi connectivity index (χ2v) is 9.50. The van der Waals surface area contributed by atoms with E-state index in [9.17, 15) is 14.2 Å². The van der Waals surface area contributed by atoms with Crippen molar-refractivity contribution >= 4 is 31.2 Å². The van der Waals surface area contributed by atoms with Gasteiger partial charge < -0.3 is 9.05 Å². The first kappa shape index (κ1) is 20.2. The number of hydrogen-bond acceptors (Lipinski definition) is 6. The van der Waals surface area contributed by atoms with Crippen molar-refractivity contribution in [2.75, 3.05) is 25.1 Å². The molecule has 0 saturated carbocycles. The van der Waals surface area contributed by atoms with E-state index >= 15 is 0 Å². The largest absolute Gasteiger partial charge is 0.333 e. The Morgan fingerprint density at radius 1 is 1.04 bits per heavy atom. The molecule has 1 aliphatic rings. The van der Waals surface area contributed by atoms with Crippen LogP contribution < -0.4 is 0 Å². The summed E-state index contributed by atoms with van der Waals surface area (Å²) in [4.78, 5) is 25.9. The number of nitrogens with zero attached hydrogens (tertiary/aromatic N) is 1. The zero-order valence-electron chi connectivity index (χ0n) is 15.0. The number of thioether (sulfide) groups is 1. The molecule has 8 heteroatoms. The SMILES string of the molecule is CCOP(=O)(CC(C)(SCC)N1C(=O)c2ccccc2C1=O)OCC. The summed E-state index contributed by atoms with van der Waals surface area (Å²) in [6, 6.07) is 6.72.